The molecule has 11 atom stereocenters. The molecule has 11 unspecified atom stereocenters. The first-order valence-electron chi connectivity index (χ1n) is 13.5. The third kappa shape index (κ3) is 3.76. The van der Waals surface area contributed by atoms with Gasteiger partial charge >= 0.3 is 5.97 Å². The topological polar surface area (TPSA) is 66.8 Å². The molecule has 1 aliphatic heterocycles. The number of esters is 1. The van der Waals surface area contributed by atoms with Crippen LogP contribution in [0.3, 0.4) is 0 Å². The third-order valence-electron chi connectivity index (χ3n) is 11.4. The van der Waals surface area contributed by atoms with Crippen LogP contribution in [0.25, 0.3) is 0 Å². The smallest absolute Gasteiger partial charge is 0.309 e. The fourth-order valence-electron chi connectivity index (χ4n) is 8.97. The molecule has 2 N–H and O–H groups in total. The molecule has 32 heavy (non-hydrogen) atoms. The van der Waals surface area contributed by atoms with E-state index in [1.165, 1.54) is 19.3 Å². The molecular weight excluding hydrogens is 400 g/mol. The first-order valence-corrected chi connectivity index (χ1v) is 13.5. The molecule has 184 valence electrons. The Morgan fingerprint density at radius 3 is 2.25 bits per heavy atom. The zero-order chi connectivity index (χ0) is 23.4. The summed E-state index contributed by atoms with van der Waals surface area (Å²) in [5.74, 6) is 2.62. The van der Waals surface area contributed by atoms with Gasteiger partial charge in [0, 0.05) is 0 Å². The van der Waals surface area contributed by atoms with E-state index in [0.717, 1.165) is 32.1 Å². The zero-order valence-corrected chi connectivity index (χ0v) is 21.3. The fraction of sp³-hybridized carbons (Fsp3) is 0.964. The minimum atomic E-state index is -0.682. The van der Waals surface area contributed by atoms with Gasteiger partial charge < -0.3 is 14.9 Å². The SMILES string of the molecule is CC(C)C(C)C(O)C(O)C(C)C1CCC2C3COC(=O)C4CCCCC4(C)C3CCC12C. The summed E-state index contributed by atoms with van der Waals surface area (Å²) in [7, 11) is 0. The van der Waals surface area contributed by atoms with Gasteiger partial charge in [-0.15, -0.1) is 0 Å². The maximum absolute atomic E-state index is 12.9. The highest BCUT2D eigenvalue weighted by Gasteiger charge is 2.61. The van der Waals surface area contributed by atoms with Gasteiger partial charge in [-0.1, -0.05) is 54.4 Å². The predicted molar refractivity (Wildman–Crippen MR) is 127 cm³/mol. The number of carbonyl (C=O) groups excluding carboxylic acids is 1. The molecule has 4 heteroatoms. The van der Waals surface area contributed by atoms with E-state index >= 15 is 0 Å². The molecule has 3 aliphatic carbocycles. The molecule has 4 rings (SSSR count). The Morgan fingerprint density at radius 2 is 1.56 bits per heavy atom. The van der Waals surface area contributed by atoms with Gasteiger partial charge in [0.2, 0.25) is 0 Å². The Kier molecular flexibility index (Phi) is 6.80. The lowest BCUT2D eigenvalue weighted by Crippen LogP contribution is -2.51. The van der Waals surface area contributed by atoms with Gasteiger partial charge in [-0.3, -0.25) is 4.79 Å². The predicted octanol–water partition coefficient (Wildman–Crippen LogP) is 5.45. The molecule has 0 bridgehead atoms. The Bertz CT molecular complexity index is 691. The van der Waals surface area contributed by atoms with Crippen LogP contribution in [0.4, 0.5) is 0 Å². The van der Waals surface area contributed by atoms with Crippen LogP contribution in [0.1, 0.15) is 92.9 Å². The molecule has 0 radical (unpaired) electrons. The highest BCUT2D eigenvalue weighted by Crippen LogP contribution is 2.66. The van der Waals surface area contributed by atoms with Crippen LogP contribution in [-0.2, 0) is 9.53 Å². The number of hydrogen-bond acceptors (Lipinski definition) is 4. The van der Waals surface area contributed by atoms with Crippen LogP contribution in [0.15, 0.2) is 0 Å². The van der Waals surface area contributed by atoms with Crippen molar-refractivity contribution in [3.05, 3.63) is 0 Å². The quantitative estimate of drug-likeness (QED) is 0.549. The molecule has 4 nitrogen and oxygen atoms in total. The summed E-state index contributed by atoms with van der Waals surface area (Å²) in [4.78, 5) is 12.9. The van der Waals surface area contributed by atoms with Crippen LogP contribution in [0.5, 0.6) is 0 Å². The van der Waals surface area contributed by atoms with E-state index in [4.69, 9.17) is 4.74 Å². The summed E-state index contributed by atoms with van der Waals surface area (Å²) in [5, 5.41) is 22.0. The van der Waals surface area contributed by atoms with Crippen molar-refractivity contribution in [3.63, 3.8) is 0 Å². The molecule has 0 aromatic rings. The van der Waals surface area contributed by atoms with Crippen molar-refractivity contribution < 1.29 is 19.7 Å². The number of cyclic esters (lactones) is 1. The second-order valence-corrected chi connectivity index (χ2v) is 13.0. The zero-order valence-electron chi connectivity index (χ0n) is 21.3. The Hall–Kier alpha value is -0.610. The van der Waals surface area contributed by atoms with E-state index in [2.05, 4.69) is 41.5 Å². The Labute approximate surface area is 195 Å². The molecule has 4 aliphatic rings. The van der Waals surface area contributed by atoms with Gasteiger partial charge in [0.25, 0.3) is 0 Å². The van der Waals surface area contributed by atoms with Crippen molar-refractivity contribution >= 4 is 5.97 Å². The van der Waals surface area contributed by atoms with Gasteiger partial charge in [-0.25, -0.2) is 0 Å². The monoisotopic (exact) mass is 448 g/mol. The van der Waals surface area contributed by atoms with Crippen LogP contribution in [0.2, 0.25) is 0 Å². The van der Waals surface area contributed by atoms with E-state index in [1.54, 1.807) is 0 Å². The summed E-state index contributed by atoms with van der Waals surface area (Å²) < 4.78 is 5.97. The first kappa shape index (κ1) is 24.5. The largest absolute Gasteiger partial charge is 0.465 e. The maximum Gasteiger partial charge on any atom is 0.309 e. The van der Waals surface area contributed by atoms with E-state index < -0.39 is 12.2 Å². The van der Waals surface area contributed by atoms with Crippen LogP contribution >= 0.6 is 0 Å². The van der Waals surface area contributed by atoms with Crippen LogP contribution in [-0.4, -0.2) is 35.0 Å². The lowest BCUT2D eigenvalue weighted by atomic mass is 9.49. The van der Waals surface area contributed by atoms with Gasteiger partial charge in [0.1, 0.15) is 0 Å². The molecular formula is C28H48O4. The Balaban J connectivity index is 1.56. The number of hydrogen-bond donors (Lipinski definition) is 2. The summed E-state index contributed by atoms with van der Waals surface area (Å²) in [6.45, 7) is 13.9. The summed E-state index contributed by atoms with van der Waals surface area (Å²) >= 11 is 0. The normalized spacial score (nSPS) is 45.7. The molecule has 0 amide bonds. The summed E-state index contributed by atoms with van der Waals surface area (Å²) in [6.07, 6.45) is 7.81. The average molecular weight is 449 g/mol. The molecule has 3 saturated carbocycles. The van der Waals surface area contributed by atoms with Crippen molar-refractivity contribution in [2.45, 2.75) is 105 Å². The average Bonchev–Trinajstić information content (AvgIpc) is 3.06. The highest BCUT2D eigenvalue weighted by atomic mass is 16.5. The van der Waals surface area contributed by atoms with Crippen LogP contribution < -0.4 is 0 Å². The fourth-order valence-corrected chi connectivity index (χ4v) is 8.97. The second-order valence-electron chi connectivity index (χ2n) is 13.0. The van der Waals surface area contributed by atoms with Crippen molar-refractivity contribution in [2.75, 3.05) is 6.61 Å². The van der Waals surface area contributed by atoms with E-state index in [9.17, 15) is 15.0 Å². The minimum Gasteiger partial charge on any atom is -0.465 e. The van der Waals surface area contributed by atoms with E-state index in [0.29, 0.717) is 36.2 Å². The summed E-state index contributed by atoms with van der Waals surface area (Å²) in [6, 6.07) is 0. The third-order valence-corrected chi connectivity index (χ3v) is 11.4. The molecule has 0 aromatic heterocycles. The van der Waals surface area contributed by atoms with Crippen molar-refractivity contribution in [2.24, 2.45) is 58.2 Å². The van der Waals surface area contributed by atoms with E-state index in [1.807, 2.05) is 0 Å². The van der Waals surface area contributed by atoms with Crippen LogP contribution in [0, 0.1) is 58.2 Å². The molecule has 0 spiro atoms. The standard InChI is InChI=1S/C28H48O4/c1-16(2)17(3)24(29)25(30)18(4)20-10-11-21-19-15-32-26(31)23-9-7-8-13-27(23,5)22(19)12-14-28(20,21)6/h16-25,29-30H,7-15H2,1-6H3. The van der Waals surface area contributed by atoms with E-state index in [-0.39, 0.29) is 34.6 Å². The van der Waals surface area contributed by atoms with Gasteiger partial charge in [0.15, 0.2) is 0 Å². The van der Waals surface area contributed by atoms with Gasteiger partial charge in [0.05, 0.1) is 24.7 Å². The maximum atomic E-state index is 12.9. The van der Waals surface area contributed by atoms with Gasteiger partial charge in [-0.2, -0.15) is 0 Å². The molecule has 1 saturated heterocycles. The number of fused-ring (bicyclic) bond motifs is 5. The second kappa shape index (κ2) is 8.87. The van der Waals surface area contributed by atoms with Crippen molar-refractivity contribution in [3.8, 4) is 0 Å². The number of carbonyl (C=O) groups is 1. The van der Waals surface area contributed by atoms with Crippen molar-refractivity contribution in [1.82, 2.24) is 0 Å². The molecule has 1 heterocycles. The lowest BCUT2D eigenvalue weighted by molar-refractivity contribution is -0.153. The summed E-state index contributed by atoms with van der Waals surface area (Å²) in [5.41, 5.74) is 0.240. The first-order chi connectivity index (χ1) is 15.0. The number of aliphatic hydroxyl groups excluding tert-OH is 2. The number of rotatable bonds is 5. The number of ether oxygens (including phenoxy) is 1. The minimum absolute atomic E-state index is 0.0624. The van der Waals surface area contributed by atoms with Crippen molar-refractivity contribution in [1.29, 1.82) is 0 Å². The highest BCUT2D eigenvalue weighted by molar-refractivity contribution is 5.74. The van der Waals surface area contributed by atoms with Gasteiger partial charge in [-0.05, 0) is 90.8 Å². The Morgan fingerprint density at radius 1 is 0.875 bits per heavy atom. The number of aliphatic hydroxyl groups is 2. The molecule has 0 aromatic carbocycles. The lowest BCUT2D eigenvalue weighted by Gasteiger charge is -2.55. The molecule has 4 fully saturated rings.